The van der Waals surface area contributed by atoms with E-state index in [0.717, 1.165) is 0 Å². The summed E-state index contributed by atoms with van der Waals surface area (Å²) in [4.78, 5) is 26.5. The highest BCUT2D eigenvalue weighted by Crippen LogP contribution is 2.24. The summed E-state index contributed by atoms with van der Waals surface area (Å²) in [6, 6.07) is 4.45. The number of benzene rings is 1. The predicted molar refractivity (Wildman–Crippen MR) is 101 cm³/mol. The molecule has 0 aliphatic carbocycles. The minimum absolute atomic E-state index is 0.101. The standard InChI is InChI=1S/C17H19FN6O3S/c1-10-15(18)16(20-11(2)19-10)23-5-7-24(8-6-23)28(26,27)12-3-4-13-14(9-12)22-17(25)21-13/h3-4,9H,5-8H2,1-2H3,(H2,21,22,25). The van der Waals surface area contributed by atoms with Gasteiger partial charge in [-0.25, -0.2) is 27.6 Å². The number of halogens is 1. The van der Waals surface area contributed by atoms with E-state index < -0.39 is 21.5 Å². The van der Waals surface area contributed by atoms with E-state index in [4.69, 9.17) is 0 Å². The van der Waals surface area contributed by atoms with Gasteiger partial charge in [-0.1, -0.05) is 0 Å². The molecule has 1 aliphatic rings. The van der Waals surface area contributed by atoms with E-state index in [1.807, 2.05) is 0 Å². The van der Waals surface area contributed by atoms with Crippen molar-refractivity contribution < 1.29 is 12.8 Å². The molecule has 2 aromatic heterocycles. The van der Waals surface area contributed by atoms with E-state index in [1.165, 1.54) is 16.4 Å². The molecule has 9 nitrogen and oxygen atoms in total. The molecule has 0 bridgehead atoms. The van der Waals surface area contributed by atoms with E-state index in [0.29, 0.717) is 29.9 Å². The van der Waals surface area contributed by atoms with Gasteiger partial charge in [-0.05, 0) is 32.0 Å². The molecule has 2 N–H and O–H groups in total. The number of rotatable bonds is 3. The third-order valence-electron chi connectivity index (χ3n) is 4.77. The Labute approximate surface area is 160 Å². The number of aryl methyl sites for hydroxylation is 2. The Morgan fingerprint density at radius 1 is 1.04 bits per heavy atom. The lowest BCUT2D eigenvalue weighted by atomic mass is 10.3. The van der Waals surface area contributed by atoms with Crippen LogP contribution in [0.1, 0.15) is 11.5 Å². The summed E-state index contributed by atoms with van der Waals surface area (Å²) in [5, 5.41) is 0. The van der Waals surface area contributed by atoms with Crippen molar-refractivity contribution in [2.45, 2.75) is 18.7 Å². The third kappa shape index (κ3) is 3.16. The van der Waals surface area contributed by atoms with Crippen LogP contribution in [0.2, 0.25) is 0 Å². The first kappa shape index (κ1) is 18.6. The molecule has 1 aliphatic heterocycles. The van der Waals surface area contributed by atoms with Gasteiger partial charge in [-0.3, -0.25) is 0 Å². The van der Waals surface area contributed by atoms with Crippen LogP contribution in [0.25, 0.3) is 11.0 Å². The molecule has 3 aromatic rings. The fourth-order valence-electron chi connectivity index (χ4n) is 3.35. The lowest BCUT2D eigenvalue weighted by molar-refractivity contribution is 0.381. The maximum absolute atomic E-state index is 14.4. The fourth-order valence-corrected chi connectivity index (χ4v) is 4.80. The van der Waals surface area contributed by atoms with Gasteiger partial charge in [-0.2, -0.15) is 4.31 Å². The second kappa shape index (κ2) is 6.67. The number of nitrogens with zero attached hydrogens (tertiary/aromatic N) is 4. The molecule has 28 heavy (non-hydrogen) atoms. The minimum Gasteiger partial charge on any atom is -0.351 e. The molecular weight excluding hydrogens is 387 g/mol. The summed E-state index contributed by atoms with van der Waals surface area (Å²) >= 11 is 0. The molecule has 0 amide bonds. The van der Waals surface area contributed by atoms with Crippen LogP contribution in [0.3, 0.4) is 0 Å². The van der Waals surface area contributed by atoms with Crippen molar-refractivity contribution in [1.82, 2.24) is 24.2 Å². The lowest BCUT2D eigenvalue weighted by Crippen LogP contribution is -2.49. The van der Waals surface area contributed by atoms with Crippen LogP contribution in [0.15, 0.2) is 27.9 Å². The van der Waals surface area contributed by atoms with Crippen molar-refractivity contribution in [3.8, 4) is 0 Å². The third-order valence-corrected chi connectivity index (χ3v) is 6.67. The Balaban J connectivity index is 1.56. The first-order valence-corrected chi connectivity index (χ1v) is 10.2. The van der Waals surface area contributed by atoms with Crippen molar-refractivity contribution in [2.24, 2.45) is 0 Å². The number of piperazine rings is 1. The maximum atomic E-state index is 14.4. The molecule has 3 heterocycles. The van der Waals surface area contributed by atoms with E-state index >= 15 is 0 Å². The SMILES string of the molecule is Cc1nc(C)c(F)c(N2CCN(S(=O)(=O)c3ccc4[nH]c(=O)[nH]c4c3)CC2)n1. The van der Waals surface area contributed by atoms with Crippen LogP contribution in [0, 0.1) is 19.7 Å². The number of anilines is 1. The average Bonchev–Trinajstić information content (AvgIpc) is 3.04. The minimum atomic E-state index is -3.73. The molecular formula is C17H19FN6O3S. The lowest BCUT2D eigenvalue weighted by Gasteiger charge is -2.34. The van der Waals surface area contributed by atoms with Crippen molar-refractivity contribution in [3.05, 3.63) is 46.0 Å². The maximum Gasteiger partial charge on any atom is 0.323 e. The van der Waals surface area contributed by atoms with Gasteiger partial charge >= 0.3 is 5.69 Å². The number of nitrogens with one attached hydrogen (secondary N) is 2. The molecule has 4 rings (SSSR count). The Morgan fingerprint density at radius 3 is 2.43 bits per heavy atom. The van der Waals surface area contributed by atoms with Crippen LogP contribution in [0.4, 0.5) is 10.2 Å². The van der Waals surface area contributed by atoms with Gasteiger partial charge in [0.05, 0.1) is 21.6 Å². The van der Waals surface area contributed by atoms with Gasteiger partial charge in [-0.15, -0.1) is 0 Å². The zero-order chi connectivity index (χ0) is 20.1. The highest BCUT2D eigenvalue weighted by Gasteiger charge is 2.30. The van der Waals surface area contributed by atoms with Gasteiger partial charge in [0, 0.05) is 26.2 Å². The average molecular weight is 406 g/mol. The predicted octanol–water partition coefficient (Wildman–Crippen LogP) is 0.913. The van der Waals surface area contributed by atoms with Crippen molar-refractivity contribution >= 4 is 26.9 Å². The Kier molecular flexibility index (Phi) is 4.42. The summed E-state index contributed by atoms with van der Waals surface area (Å²) < 4.78 is 41.7. The highest BCUT2D eigenvalue weighted by molar-refractivity contribution is 7.89. The Hall–Kier alpha value is -2.79. The monoisotopic (exact) mass is 406 g/mol. The van der Waals surface area contributed by atoms with Crippen molar-refractivity contribution in [3.63, 3.8) is 0 Å². The summed E-state index contributed by atoms with van der Waals surface area (Å²) in [6.45, 7) is 4.30. The topological polar surface area (TPSA) is 115 Å². The van der Waals surface area contributed by atoms with Gasteiger partial charge in [0.25, 0.3) is 0 Å². The molecule has 1 fully saturated rings. The molecule has 1 saturated heterocycles. The van der Waals surface area contributed by atoms with Crippen LogP contribution in [-0.4, -0.2) is 58.8 Å². The molecule has 0 atom stereocenters. The normalized spacial score (nSPS) is 16.0. The molecule has 0 unspecified atom stereocenters. The second-order valence-corrected chi connectivity index (χ2v) is 8.61. The summed E-state index contributed by atoms with van der Waals surface area (Å²) in [5.74, 6) is 0.190. The van der Waals surface area contributed by atoms with E-state index in [1.54, 1.807) is 24.8 Å². The molecule has 0 saturated carbocycles. The van der Waals surface area contributed by atoms with Crippen LogP contribution in [0.5, 0.6) is 0 Å². The molecule has 0 radical (unpaired) electrons. The number of sulfonamides is 1. The van der Waals surface area contributed by atoms with Gasteiger partial charge in [0.15, 0.2) is 11.6 Å². The fraction of sp³-hybridized carbons (Fsp3) is 0.353. The van der Waals surface area contributed by atoms with Gasteiger partial charge < -0.3 is 14.9 Å². The smallest absolute Gasteiger partial charge is 0.323 e. The molecule has 1 aromatic carbocycles. The number of aromatic nitrogens is 4. The molecule has 0 spiro atoms. The molecule has 148 valence electrons. The highest BCUT2D eigenvalue weighted by atomic mass is 32.2. The Bertz CT molecular complexity index is 1210. The number of aromatic amines is 2. The largest absolute Gasteiger partial charge is 0.351 e. The van der Waals surface area contributed by atoms with E-state index in [2.05, 4.69) is 19.9 Å². The van der Waals surface area contributed by atoms with Gasteiger partial charge in [0.1, 0.15) is 5.82 Å². The number of hydrogen-bond acceptors (Lipinski definition) is 6. The van der Waals surface area contributed by atoms with Crippen LogP contribution < -0.4 is 10.6 Å². The quantitative estimate of drug-likeness (QED) is 0.668. The summed E-state index contributed by atoms with van der Waals surface area (Å²) in [6.07, 6.45) is 0. The van der Waals surface area contributed by atoms with Crippen LogP contribution in [-0.2, 0) is 10.0 Å². The Morgan fingerprint density at radius 2 is 1.71 bits per heavy atom. The second-order valence-electron chi connectivity index (χ2n) is 6.67. The molecule has 11 heteroatoms. The summed E-state index contributed by atoms with van der Waals surface area (Å²) in [7, 11) is -3.73. The summed E-state index contributed by atoms with van der Waals surface area (Å²) in [5.41, 5.74) is 0.847. The zero-order valence-corrected chi connectivity index (χ0v) is 16.2. The first-order valence-electron chi connectivity index (χ1n) is 8.73. The number of imidazole rings is 1. The zero-order valence-electron chi connectivity index (χ0n) is 15.4. The number of fused-ring (bicyclic) bond motifs is 1. The number of H-pyrrole nitrogens is 2. The van der Waals surface area contributed by atoms with E-state index in [-0.39, 0.29) is 29.5 Å². The van der Waals surface area contributed by atoms with Gasteiger partial charge in [0.2, 0.25) is 10.0 Å². The van der Waals surface area contributed by atoms with Crippen molar-refractivity contribution in [2.75, 3.05) is 31.1 Å². The number of hydrogen-bond donors (Lipinski definition) is 2. The van der Waals surface area contributed by atoms with Crippen molar-refractivity contribution in [1.29, 1.82) is 0 Å². The van der Waals surface area contributed by atoms with E-state index in [9.17, 15) is 17.6 Å². The van der Waals surface area contributed by atoms with Crippen LogP contribution >= 0.6 is 0 Å². The first-order chi connectivity index (χ1) is 13.3.